The van der Waals surface area contributed by atoms with Crippen LogP contribution in [0.4, 0.5) is 0 Å². The number of aldehydes is 1. The van der Waals surface area contributed by atoms with Crippen molar-refractivity contribution in [1.82, 2.24) is 0 Å². The Morgan fingerprint density at radius 1 is 1.20 bits per heavy atom. The van der Waals surface area contributed by atoms with Gasteiger partial charge in [-0.3, -0.25) is 9.59 Å². The molecule has 2 unspecified atom stereocenters. The van der Waals surface area contributed by atoms with Gasteiger partial charge in [0.25, 0.3) is 0 Å². The minimum Gasteiger partial charge on any atom is -0.748 e. The van der Waals surface area contributed by atoms with Crippen molar-refractivity contribution in [2.24, 2.45) is 16.7 Å². The van der Waals surface area contributed by atoms with Crippen molar-refractivity contribution in [2.45, 2.75) is 26.7 Å². The summed E-state index contributed by atoms with van der Waals surface area (Å²) in [6.07, 6.45) is 3.65. The van der Waals surface area contributed by atoms with Crippen LogP contribution in [0.15, 0.2) is 29.8 Å². The number of Topliss-reactive ketones (excluding diaryl/α,β-unsaturated/α-hetero) is 1. The minimum atomic E-state index is -4.50. The minimum absolute atomic E-state index is 0. The Labute approximate surface area is 169 Å². The van der Waals surface area contributed by atoms with Crippen LogP contribution in [0.1, 0.15) is 42.6 Å². The van der Waals surface area contributed by atoms with Gasteiger partial charge >= 0.3 is 29.6 Å². The second kappa shape index (κ2) is 6.74. The van der Waals surface area contributed by atoms with Gasteiger partial charge in [-0.05, 0) is 35.8 Å². The summed E-state index contributed by atoms with van der Waals surface area (Å²) in [6.45, 7) is 3.76. The number of rotatable bonds is 4. The number of ketones is 1. The summed E-state index contributed by atoms with van der Waals surface area (Å²) in [5, 5.41) is 0. The van der Waals surface area contributed by atoms with Crippen LogP contribution in [0.3, 0.4) is 0 Å². The average Bonchev–Trinajstić information content (AvgIpc) is 2.81. The Morgan fingerprint density at radius 2 is 1.76 bits per heavy atom. The van der Waals surface area contributed by atoms with Crippen molar-refractivity contribution >= 4 is 28.3 Å². The predicted molar refractivity (Wildman–Crippen MR) is 88.3 cm³/mol. The molecule has 0 aromatic heterocycles. The van der Waals surface area contributed by atoms with E-state index in [0.717, 1.165) is 11.8 Å². The van der Waals surface area contributed by atoms with Crippen LogP contribution in [-0.4, -0.2) is 30.8 Å². The van der Waals surface area contributed by atoms with Gasteiger partial charge in [-0.1, -0.05) is 38.1 Å². The quantitative estimate of drug-likeness (QED) is 0.307. The molecule has 1 aromatic rings. The number of carbonyl (C=O) groups excluding carboxylic acids is 2. The van der Waals surface area contributed by atoms with Gasteiger partial charge in [0.15, 0.2) is 5.78 Å². The van der Waals surface area contributed by atoms with E-state index < -0.39 is 26.7 Å². The molecule has 2 aliphatic rings. The summed E-state index contributed by atoms with van der Waals surface area (Å²) < 4.78 is 34.1. The molecule has 2 saturated carbocycles. The number of allylic oxidation sites excluding steroid dienone is 1. The van der Waals surface area contributed by atoms with E-state index in [1.165, 1.54) is 0 Å². The molecular formula is C18H19NaO5S. The molecule has 0 aliphatic heterocycles. The second-order valence-electron chi connectivity index (χ2n) is 7.31. The van der Waals surface area contributed by atoms with Gasteiger partial charge in [0.05, 0.1) is 21.3 Å². The molecule has 2 bridgehead atoms. The van der Waals surface area contributed by atoms with E-state index >= 15 is 0 Å². The molecule has 128 valence electrons. The van der Waals surface area contributed by atoms with E-state index in [2.05, 4.69) is 0 Å². The van der Waals surface area contributed by atoms with Crippen LogP contribution < -0.4 is 29.6 Å². The Hall–Kier alpha value is -0.790. The standard InChI is InChI=1S/C18H20O5S.Na/c1-17(2)15-7-8-18(17,11-24(21,22)23)16(20)14(15)9-12-3-5-13(10-19)6-4-12;/h3-6,9-10,15H,7-8,11H2,1-2H3,(H,21,22,23);/q;+1/p-1/b14-9+;. The maximum Gasteiger partial charge on any atom is 1.00 e. The first-order valence-electron chi connectivity index (χ1n) is 7.86. The Bertz CT molecular complexity index is 839. The third-order valence-electron chi connectivity index (χ3n) is 5.85. The van der Waals surface area contributed by atoms with Crippen LogP contribution in [-0.2, 0) is 14.9 Å². The van der Waals surface area contributed by atoms with Crippen molar-refractivity contribution in [1.29, 1.82) is 0 Å². The van der Waals surface area contributed by atoms with Crippen LogP contribution >= 0.6 is 0 Å². The van der Waals surface area contributed by atoms with Gasteiger partial charge < -0.3 is 4.55 Å². The summed E-state index contributed by atoms with van der Waals surface area (Å²) in [6, 6.07) is 6.83. The normalized spacial score (nSPS) is 28.8. The largest absolute Gasteiger partial charge is 1.00 e. The first kappa shape index (κ1) is 20.5. The molecular weight excluding hydrogens is 351 g/mol. The average molecular weight is 370 g/mol. The van der Waals surface area contributed by atoms with E-state index in [-0.39, 0.29) is 41.3 Å². The monoisotopic (exact) mass is 370 g/mol. The summed E-state index contributed by atoms with van der Waals surface area (Å²) in [5.41, 5.74) is 0.245. The number of benzene rings is 1. The zero-order chi connectivity index (χ0) is 17.8. The number of hydrogen-bond donors (Lipinski definition) is 0. The molecule has 2 atom stereocenters. The Balaban J connectivity index is 0.00000225. The molecule has 0 spiro atoms. The molecule has 0 N–H and O–H groups in total. The topological polar surface area (TPSA) is 91.3 Å². The molecule has 2 fully saturated rings. The Morgan fingerprint density at radius 3 is 2.28 bits per heavy atom. The van der Waals surface area contributed by atoms with Gasteiger partial charge in [0.2, 0.25) is 0 Å². The third kappa shape index (κ3) is 3.30. The van der Waals surface area contributed by atoms with E-state index in [1.54, 1.807) is 30.3 Å². The fourth-order valence-corrected chi connectivity index (χ4v) is 5.69. The number of carbonyl (C=O) groups is 2. The smallest absolute Gasteiger partial charge is 0.748 e. The molecule has 0 radical (unpaired) electrons. The molecule has 2 aliphatic carbocycles. The van der Waals surface area contributed by atoms with Crippen LogP contribution in [0.2, 0.25) is 0 Å². The molecule has 0 heterocycles. The fourth-order valence-electron chi connectivity index (χ4n) is 4.43. The molecule has 0 saturated heterocycles. The van der Waals surface area contributed by atoms with Gasteiger partial charge in [0, 0.05) is 11.1 Å². The SMILES string of the molecule is CC1(C)C2CCC1(CS(=O)(=O)[O-])C(=O)/C2=C/c1ccc(C=O)cc1.[Na+]. The fraction of sp³-hybridized carbons (Fsp3) is 0.444. The molecule has 5 nitrogen and oxygen atoms in total. The van der Waals surface area contributed by atoms with E-state index in [4.69, 9.17) is 0 Å². The first-order valence-corrected chi connectivity index (χ1v) is 9.44. The molecule has 25 heavy (non-hydrogen) atoms. The van der Waals surface area contributed by atoms with Crippen LogP contribution in [0.5, 0.6) is 0 Å². The van der Waals surface area contributed by atoms with Crippen molar-refractivity contribution in [3.8, 4) is 0 Å². The first-order chi connectivity index (χ1) is 11.1. The third-order valence-corrected chi connectivity index (χ3v) is 6.70. The zero-order valence-electron chi connectivity index (χ0n) is 14.6. The predicted octanol–water partition coefficient (Wildman–Crippen LogP) is -0.563. The molecule has 1 aromatic carbocycles. The second-order valence-corrected chi connectivity index (χ2v) is 8.71. The summed E-state index contributed by atoms with van der Waals surface area (Å²) >= 11 is 0. The zero-order valence-corrected chi connectivity index (χ0v) is 17.4. The molecule has 0 amide bonds. The molecule has 3 rings (SSSR count). The Kier molecular flexibility index (Phi) is 5.53. The summed E-state index contributed by atoms with van der Waals surface area (Å²) in [7, 11) is -4.50. The van der Waals surface area contributed by atoms with Gasteiger partial charge in [-0.2, -0.15) is 0 Å². The van der Waals surface area contributed by atoms with Crippen molar-refractivity contribution in [3.05, 3.63) is 41.0 Å². The number of fused-ring (bicyclic) bond motifs is 2. The maximum absolute atomic E-state index is 13.0. The summed E-state index contributed by atoms with van der Waals surface area (Å²) in [4.78, 5) is 23.7. The maximum atomic E-state index is 13.0. The van der Waals surface area contributed by atoms with Crippen molar-refractivity contribution in [3.63, 3.8) is 0 Å². The van der Waals surface area contributed by atoms with Gasteiger partial charge in [-0.25, -0.2) is 8.42 Å². The summed E-state index contributed by atoms with van der Waals surface area (Å²) in [5.74, 6) is -0.913. The van der Waals surface area contributed by atoms with Gasteiger partial charge in [-0.15, -0.1) is 0 Å². The van der Waals surface area contributed by atoms with Crippen LogP contribution in [0.25, 0.3) is 6.08 Å². The number of hydrogen-bond acceptors (Lipinski definition) is 5. The van der Waals surface area contributed by atoms with Crippen molar-refractivity contribution < 1.29 is 52.1 Å². The van der Waals surface area contributed by atoms with E-state index in [1.807, 2.05) is 13.8 Å². The van der Waals surface area contributed by atoms with E-state index in [0.29, 0.717) is 24.0 Å². The van der Waals surface area contributed by atoms with E-state index in [9.17, 15) is 22.6 Å². The van der Waals surface area contributed by atoms with Crippen LogP contribution in [0, 0.1) is 16.7 Å². The van der Waals surface area contributed by atoms with Gasteiger partial charge in [0.1, 0.15) is 6.29 Å². The van der Waals surface area contributed by atoms with Crippen molar-refractivity contribution in [2.75, 3.05) is 5.75 Å². The molecule has 7 heteroatoms.